The average Bonchev–Trinajstić information content (AvgIpc) is 2.16. The minimum absolute atomic E-state index is 0.0944. The summed E-state index contributed by atoms with van der Waals surface area (Å²) in [6.07, 6.45) is 1.21. The van der Waals surface area contributed by atoms with Gasteiger partial charge in [-0.2, -0.15) is 21.0 Å². The van der Waals surface area contributed by atoms with Crippen LogP contribution in [0, 0.1) is 45.3 Å². The van der Waals surface area contributed by atoms with Crippen LogP contribution in [0.15, 0.2) is 22.8 Å². The highest BCUT2D eigenvalue weighted by atomic mass is 14.3. The Morgan fingerprint density at radius 1 is 0.923 bits per heavy atom. The first-order chi connectivity index (χ1) is 6.19. The Balaban J connectivity index is 5.23. The standard InChI is InChI=1S/C9H4N4/c1-7(9(5-12)6-13)2-8(3-10)4-11/h2H,1H3. The molecule has 0 aromatic rings. The highest BCUT2D eigenvalue weighted by molar-refractivity contribution is 5.49. The van der Waals surface area contributed by atoms with Crippen LogP contribution in [0.2, 0.25) is 0 Å². The molecule has 0 unspecified atom stereocenters. The fourth-order valence-corrected chi connectivity index (χ4v) is 0.580. The third-order valence-electron chi connectivity index (χ3n) is 1.22. The van der Waals surface area contributed by atoms with E-state index in [4.69, 9.17) is 21.0 Å². The van der Waals surface area contributed by atoms with Gasteiger partial charge in [0.05, 0.1) is 0 Å². The zero-order valence-corrected chi connectivity index (χ0v) is 6.87. The summed E-state index contributed by atoms with van der Waals surface area (Å²) in [5.74, 6) is 0. The quantitative estimate of drug-likeness (QED) is 0.435. The van der Waals surface area contributed by atoms with Crippen molar-refractivity contribution in [2.24, 2.45) is 0 Å². The third kappa shape index (κ3) is 2.89. The molecule has 0 heterocycles. The fraction of sp³-hybridized carbons (Fsp3) is 0.111. The second-order valence-corrected chi connectivity index (χ2v) is 2.06. The Morgan fingerprint density at radius 2 is 1.38 bits per heavy atom. The van der Waals surface area contributed by atoms with Gasteiger partial charge in [-0.05, 0) is 18.6 Å². The van der Waals surface area contributed by atoms with Crippen LogP contribution in [0.4, 0.5) is 0 Å². The molecule has 0 radical (unpaired) electrons. The van der Waals surface area contributed by atoms with Gasteiger partial charge in [-0.25, -0.2) is 0 Å². The van der Waals surface area contributed by atoms with E-state index in [9.17, 15) is 0 Å². The highest BCUT2D eigenvalue weighted by Gasteiger charge is 1.99. The molecule has 0 aromatic heterocycles. The molecule has 4 nitrogen and oxygen atoms in total. The van der Waals surface area contributed by atoms with E-state index in [1.165, 1.54) is 13.0 Å². The molecular weight excluding hydrogens is 164 g/mol. The summed E-state index contributed by atoms with van der Waals surface area (Å²) in [6.45, 7) is 1.50. The first-order valence-electron chi connectivity index (χ1n) is 3.22. The number of hydrogen-bond acceptors (Lipinski definition) is 4. The maximum Gasteiger partial charge on any atom is 0.132 e. The maximum absolute atomic E-state index is 8.43. The van der Waals surface area contributed by atoms with Crippen molar-refractivity contribution in [1.82, 2.24) is 0 Å². The lowest BCUT2D eigenvalue weighted by molar-refractivity contribution is 1.38. The Hall–Kier alpha value is -2.56. The predicted molar refractivity (Wildman–Crippen MR) is 43.2 cm³/mol. The van der Waals surface area contributed by atoms with Crippen molar-refractivity contribution in [2.75, 3.05) is 0 Å². The van der Waals surface area contributed by atoms with Crippen molar-refractivity contribution in [2.45, 2.75) is 6.92 Å². The maximum atomic E-state index is 8.43. The van der Waals surface area contributed by atoms with E-state index < -0.39 is 0 Å². The smallest absolute Gasteiger partial charge is 0.132 e. The average molecular weight is 168 g/mol. The molecule has 0 aliphatic carbocycles. The first kappa shape index (κ1) is 10.4. The summed E-state index contributed by atoms with van der Waals surface area (Å²) < 4.78 is 0. The lowest BCUT2D eigenvalue weighted by atomic mass is 10.1. The number of rotatable bonds is 1. The molecule has 0 aromatic carbocycles. The van der Waals surface area contributed by atoms with Crippen molar-refractivity contribution < 1.29 is 0 Å². The van der Waals surface area contributed by atoms with Crippen molar-refractivity contribution in [3.63, 3.8) is 0 Å². The van der Waals surface area contributed by atoms with Crippen molar-refractivity contribution in [3.05, 3.63) is 22.8 Å². The molecule has 0 saturated heterocycles. The van der Waals surface area contributed by atoms with Gasteiger partial charge >= 0.3 is 0 Å². The summed E-state index contributed by atoms with van der Waals surface area (Å²) >= 11 is 0. The van der Waals surface area contributed by atoms with Crippen LogP contribution in [-0.2, 0) is 0 Å². The molecule has 4 heteroatoms. The second kappa shape index (κ2) is 5.14. The molecule has 13 heavy (non-hydrogen) atoms. The molecule has 0 aliphatic rings. The van der Waals surface area contributed by atoms with Gasteiger partial charge in [-0.15, -0.1) is 0 Å². The van der Waals surface area contributed by atoms with E-state index in [2.05, 4.69) is 0 Å². The largest absolute Gasteiger partial charge is 0.192 e. The van der Waals surface area contributed by atoms with Gasteiger partial charge in [-0.1, -0.05) is 0 Å². The van der Waals surface area contributed by atoms with E-state index in [1.807, 2.05) is 0 Å². The monoisotopic (exact) mass is 168 g/mol. The summed E-state index contributed by atoms with van der Waals surface area (Å²) in [5, 5.41) is 33.6. The molecule has 0 fully saturated rings. The zero-order valence-electron chi connectivity index (χ0n) is 6.87. The molecule has 60 valence electrons. The minimum atomic E-state index is -0.125. The lowest BCUT2D eigenvalue weighted by Gasteiger charge is -1.88. The molecular formula is C9H4N4. The fourth-order valence-electron chi connectivity index (χ4n) is 0.580. The van der Waals surface area contributed by atoms with Crippen LogP contribution in [0.5, 0.6) is 0 Å². The van der Waals surface area contributed by atoms with Crippen LogP contribution in [0.1, 0.15) is 6.92 Å². The Bertz CT molecular complexity index is 394. The topological polar surface area (TPSA) is 95.2 Å². The van der Waals surface area contributed by atoms with Gasteiger partial charge in [0.15, 0.2) is 0 Å². The molecule has 0 rings (SSSR count). The van der Waals surface area contributed by atoms with Crippen molar-refractivity contribution in [1.29, 1.82) is 21.0 Å². The Morgan fingerprint density at radius 3 is 1.69 bits per heavy atom. The van der Waals surface area contributed by atoms with Gasteiger partial charge < -0.3 is 0 Å². The highest BCUT2D eigenvalue weighted by Crippen LogP contribution is 2.06. The molecule has 0 N–H and O–H groups in total. The molecule has 0 amide bonds. The summed E-state index contributed by atoms with van der Waals surface area (Å²) in [4.78, 5) is 0. The van der Waals surface area contributed by atoms with Crippen LogP contribution in [-0.4, -0.2) is 0 Å². The van der Waals surface area contributed by atoms with Crippen LogP contribution < -0.4 is 0 Å². The normalized spacial score (nSPS) is 6.54. The van der Waals surface area contributed by atoms with Crippen LogP contribution >= 0.6 is 0 Å². The summed E-state index contributed by atoms with van der Waals surface area (Å²) in [5.41, 5.74) is 0.103. The van der Waals surface area contributed by atoms with Crippen molar-refractivity contribution >= 4 is 0 Å². The third-order valence-corrected chi connectivity index (χ3v) is 1.22. The van der Waals surface area contributed by atoms with Gasteiger partial charge in [0.1, 0.15) is 35.4 Å². The predicted octanol–water partition coefficient (Wildman–Crippen LogP) is 1.32. The molecule has 0 saturated carbocycles. The number of nitriles is 4. The molecule has 0 bridgehead atoms. The SMILES string of the molecule is CC(C=C(C#N)C#N)=C(C#N)C#N. The second-order valence-electron chi connectivity index (χ2n) is 2.06. The van der Waals surface area contributed by atoms with Gasteiger partial charge in [-0.3, -0.25) is 0 Å². The van der Waals surface area contributed by atoms with Crippen molar-refractivity contribution in [3.8, 4) is 24.3 Å². The van der Waals surface area contributed by atoms with E-state index >= 15 is 0 Å². The zero-order chi connectivity index (χ0) is 10.3. The van der Waals surface area contributed by atoms with E-state index in [-0.39, 0.29) is 11.1 Å². The summed E-state index contributed by atoms with van der Waals surface area (Å²) in [6, 6.07) is 6.59. The van der Waals surface area contributed by atoms with E-state index in [1.54, 1.807) is 24.3 Å². The number of allylic oxidation sites excluding steroid dienone is 4. The lowest BCUT2D eigenvalue weighted by Crippen LogP contribution is -1.81. The Labute approximate surface area is 75.8 Å². The van der Waals surface area contributed by atoms with Crippen LogP contribution in [0.3, 0.4) is 0 Å². The van der Waals surface area contributed by atoms with Gasteiger partial charge in [0.2, 0.25) is 0 Å². The Kier molecular flexibility index (Phi) is 4.13. The number of hydrogen-bond donors (Lipinski definition) is 0. The van der Waals surface area contributed by atoms with Gasteiger partial charge in [0.25, 0.3) is 0 Å². The molecule has 0 spiro atoms. The van der Waals surface area contributed by atoms with E-state index in [0.717, 1.165) is 0 Å². The minimum Gasteiger partial charge on any atom is -0.192 e. The summed E-state index contributed by atoms with van der Waals surface area (Å²) in [7, 11) is 0. The van der Waals surface area contributed by atoms with Crippen LogP contribution in [0.25, 0.3) is 0 Å². The first-order valence-corrected chi connectivity index (χ1v) is 3.22. The van der Waals surface area contributed by atoms with Gasteiger partial charge in [0, 0.05) is 0 Å². The number of nitrogens with zero attached hydrogens (tertiary/aromatic N) is 4. The molecule has 0 aliphatic heterocycles. The van der Waals surface area contributed by atoms with E-state index in [0.29, 0.717) is 5.57 Å². The molecule has 0 atom stereocenters.